The highest BCUT2D eigenvalue weighted by Crippen LogP contribution is 2.30. The Balaban J connectivity index is 2.35. The summed E-state index contributed by atoms with van der Waals surface area (Å²) in [5.74, 6) is 0.848. The Kier molecular flexibility index (Phi) is 3.45. The van der Waals surface area contributed by atoms with Crippen molar-refractivity contribution in [2.24, 2.45) is 0 Å². The summed E-state index contributed by atoms with van der Waals surface area (Å²) in [7, 11) is 0. The Bertz CT molecular complexity index is 580. The first kappa shape index (κ1) is 12.7. The van der Waals surface area contributed by atoms with Gasteiger partial charge in [0.2, 0.25) is 5.82 Å². The third-order valence-electron chi connectivity index (χ3n) is 2.45. The van der Waals surface area contributed by atoms with Gasteiger partial charge in [-0.05, 0) is 32.2 Å². The van der Waals surface area contributed by atoms with Gasteiger partial charge in [0, 0.05) is 6.61 Å². The Hall–Kier alpha value is -1.71. The zero-order chi connectivity index (χ0) is 13.2. The van der Waals surface area contributed by atoms with E-state index in [2.05, 4.69) is 16.2 Å². The van der Waals surface area contributed by atoms with Crippen LogP contribution >= 0.6 is 11.3 Å². The van der Waals surface area contributed by atoms with E-state index in [9.17, 15) is 0 Å². The quantitative estimate of drug-likeness (QED) is 0.848. The van der Waals surface area contributed by atoms with E-state index in [0.29, 0.717) is 28.8 Å². The summed E-state index contributed by atoms with van der Waals surface area (Å²) in [6, 6.07) is 3.83. The van der Waals surface area contributed by atoms with Crippen molar-refractivity contribution in [3.63, 3.8) is 0 Å². The second kappa shape index (κ2) is 4.88. The molecule has 2 aromatic heterocycles. The largest absolute Gasteiger partial charge is 0.368 e. The first-order chi connectivity index (χ1) is 8.58. The fourth-order valence-corrected chi connectivity index (χ4v) is 2.31. The van der Waals surface area contributed by atoms with Crippen molar-refractivity contribution in [1.29, 1.82) is 5.26 Å². The van der Waals surface area contributed by atoms with E-state index in [-0.39, 0.29) is 0 Å². The molecule has 2 heterocycles. The van der Waals surface area contributed by atoms with E-state index in [0.717, 1.165) is 0 Å². The van der Waals surface area contributed by atoms with Gasteiger partial charge in [-0.2, -0.15) is 10.2 Å². The molecule has 0 atom stereocenters. The lowest BCUT2D eigenvalue weighted by Crippen LogP contribution is -2.23. The SMILES string of the molecule is CCOC(C)(C)c1noc(-c2sccc2C#N)n1. The second-order valence-corrected chi connectivity index (χ2v) is 5.06. The third kappa shape index (κ3) is 2.28. The number of hydrogen-bond donors (Lipinski definition) is 0. The normalized spacial score (nSPS) is 11.4. The molecule has 0 aromatic carbocycles. The van der Waals surface area contributed by atoms with Gasteiger partial charge in [-0.15, -0.1) is 11.3 Å². The minimum absolute atomic E-state index is 0.365. The predicted molar refractivity (Wildman–Crippen MR) is 67.0 cm³/mol. The predicted octanol–water partition coefficient (Wildman–Crippen LogP) is 2.94. The maximum absolute atomic E-state index is 8.96. The number of thiophene rings is 1. The fraction of sp³-hybridized carbons (Fsp3) is 0.417. The smallest absolute Gasteiger partial charge is 0.269 e. The van der Waals surface area contributed by atoms with Gasteiger partial charge in [0.05, 0.1) is 5.56 Å². The van der Waals surface area contributed by atoms with Gasteiger partial charge in [0.25, 0.3) is 5.89 Å². The van der Waals surface area contributed by atoms with E-state index in [1.807, 2.05) is 26.2 Å². The average Bonchev–Trinajstić information content (AvgIpc) is 2.97. The van der Waals surface area contributed by atoms with Crippen LogP contribution in [-0.4, -0.2) is 16.7 Å². The summed E-state index contributed by atoms with van der Waals surface area (Å²) in [6.45, 7) is 6.24. The first-order valence-electron chi connectivity index (χ1n) is 5.54. The van der Waals surface area contributed by atoms with Gasteiger partial charge in [-0.1, -0.05) is 5.16 Å². The van der Waals surface area contributed by atoms with Gasteiger partial charge in [-0.25, -0.2) is 0 Å². The topological polar surface area (TPSA) is 71.9 Å². The number of nitriles is 1. The molecule has 0 N–H and O–H groups in total. The number of nitrogens with zero attached hydrogens (tertiary/aromatic N) is 3. The maximum Gasteiger partial charge on any atom is 0.269 e. The molecule has 2 rings (SSSR count). The van der Waals surface area contributed by atoms with Crippen LogP contribution in [0.25, 0.3) is 10.8 Å². The van der Waals surface area contributed by atoms with Crippen LogP contribution in [0, 0.1) is 11.3 Å². The van der Waals surface area contributed by atoms with Gasteiger partial charge >= 0.3 is 0 Å². The minimum Gasteiger partial charge on any atom is -0.368 e. The molecule has 0 aliphatic rings. The number of hydrogen-bond acceptors (Lipinski definition) is 6. The molecule has 0 aliphatic heterocycles. The summed E-state index contributed by atoms with van der Waals surface area (Å²) in [4.78, 5) is 5.01. The highest BCUT2D eigenvalue weighted by Gasteiger charge is 2.28. The zero-order valence-corrected chi connectivity index (χ0v) is 11.2. The van der Waals surface area contributed by atoms with E-state index in [1.54, 1.807) is 6.07 Å². The molecule has 0 saturated carbocycles. The fourth-order valence-electron chi connectivity index (χ4n) is 1.55. The minimum atomic E-state index is -0.597. The second-order valence-electron chi connectivity index (χ2n) is 4.14. The van der Waals surface area contributed by atoms with E-state index >= 15 is 0 Å². The molecule has 0 amide bonds. The van der Waals surface area contributed by atoms with Crippen molar-refractivity contribution in [2.75, 3.05) is 6.61 Å². The number of aromatic nitrogens is 2. The Morgan fingerprint density at radius 1 is 1.56 bits per heavy atom. The van der Waals surface area contributed by atoms with Crippen molar-refractivity contribution < 1.29 is 9.26 Å². The number of rotatable bonds is 4. The lowest BCUT2D eigenvalue weighted by molar-refractivity contribution is -0.0221. The molecule has 0 fully saturated rings. The van der Waals surface area contributed by atoms with Crippen LogP contribution in [0.4, 0.5) is 0 Å². The summed E-state index contributed by atoms with van der Waals surface area (Å²) < 4.78 is 10.8. The summed E-state index contributed by atoms with van der Waals surface area (Å²) in [6.07, 6.45) is 0. The summed E-state index contributed by atoms with van der Waals surface area (Å²) >= 11 is 1.40. The van der Waals surface area contributed by atoms with Gasteiger partial charge in [0.1, 0.15) is 16.5 Å². The number of ether oxygens (including phenoxy) is 1. The molecule has 5 nitrogen and oxygen atoms in total. The van der Waals surface area contributed by atoms with Crippen LogP contribution in [0.5, 0.6) is 0 Å². The highest BCUT2D eigenvalue weighted by molar-refractivity contribution is 7.13. The zero-order valence-electron chi connectivity index (χ0n) is 10.4. The van der Waals surface area contributed by atoms with Crippen LogP contribution in [-0.2, 0) is 10.3 Å². The average molecular weight is 263 g/mol. The van der Waals surface area contributed by atoms with Gasteiger partial charge < -0.3 is 9.26 Å². The van der Waals surface area contributed by atoms with Crippen LogP contribution in [0.2, 0.25) is 0 Å². The molecular weight excluding hydrogens is 250 g/mol. The molecule has 0 bridgehead atoms. The molecule has 18 heavy (non-hydrogen) atoms. The van der Waals surface area contributed by atoms with Crippen LogP contribution in [0.3, 0.4) is 0 Å². The van der Waals surface area contributed by atoms with Crippen LogP contribution in [0.1, 0.15) is 32.2 Å². The lowest BCUT2D eigenvalue weighted by Gasteiger charge is -2.19. The molecular formula is C12H13N3O2S. The van der Waals surface area contributed by atoms with Gasteiger partial charge in [-0.3, -0.25) is 0 Å². The maximum atomic E-state index is 8.96. The Morgan fingerprint density at radius 3 is 3.00 bits per heavy atom. The molecule has 2 aromatic rings. The summed E-state index contributed by atoms with van der Waals surface area (Å²) in [5.41, 5.74) is -0.0509. The van der Waals surface area contributed by atoms with Crippen molar-refractivity contribution in [1.82, 2.24) is 10.1 Å². The van der Waals surface area contributed by atoms with E-state index in [1.165, 1.54) is 11.3 Å². The molecule has 0 spiro atoms. The van der Waals surface area contributed by atoms with Crippen molar-refractivity contribution >= 4 is 11.3 Å². The molecule has 0 aliphatic carbocycles. The van der Waals surface area contributed by atoms with Crippen molar-refractivity contribution in [3.8, 4) is 16.8 Å². The lowest BCUT2D eigenvalue weighted by atomic mass is 10.1. The highest BCUT2D eigenvalue weighted by atomic mass is 32.1. The van der Waals surface area contributed by atoms with E-state index < -0.39 is 5.60 Å². The monoisotopic (exact) mass is 263 g/mol. The van der Waals surface area contributed by atoms with Crippen LogP contribution in [0.15, 0.2) is 16.0 Å². The molecule has 0 saturated heterocycles. The standard InChI is InChI=1S/C12H13N3O2S/c1-4-16-12(2,3)11-14-10(17-15-11)9-8(7-13)5-6-18-9/h5-6H,4H2,1-3H3. The van der Waals surface area contributed by atoms with Crippen LogP contribution < -0.4 is 0 Å². The molecule has 6 heteroatoms. The molecule has 0 unspecified atom stereocenters. The Morgan fingerprint density at radius 2 is 2.33 bits per heavy atom. The van der Waals surface area contributed by atoms with Crippen molar-refractivity contribution in [2.45, 2.75) is 26.4 Å². The summed E-state index contributed by atoms with van der Waals surface area (Å²) in [5, 5.41) is 14.7. The molecule has 94 valence electrons. The van der Waals surface area contributed by atoms with E-state index in [4.69, 9.17) is 14.5 Å². The van der Waals surface area contributed by atoms with Gasteiger partial charge in [0.15, 0.2) is 0 Å². The Labute approximate surface area is 109 Å². The van der Waals surface area contributed by atoms with Crippen molar-refractivity contribution in [3.05, 3.63) is 22.8 Å². The molecule has 0 radical (unpaired) electrons. The third-order valence-corrected chi connectivity index (χ3v) is 3.35. The first-order valence-corrected chi connectivity index (χ1v) is 6.42.